The topological polar surface area (TPSA) is 67.0 Å². The largest absolute Gasteiger partial charge is 0.489 e. The van der Waals surface area contributed by atoms with E-state index in [4.69, 9.17) is 27.9 Å². The molecule has 2 aromatic carbocycles. The van der Waals surface area contributed by atoms with Gasteiger partial charge in [0.15, 0.2) is 17.4 Å². The summed E-state index contributed by atoms with van der Waals surface area (Å²) in [4.78, 5) is 2.09. The van der Waals surface area contributed by atoms with Crippen molar-refractivity contribution in [1.82, 2.24) is 14.8 Å². The zero-order valence-electron chi connectivity index (χ0n) is 18.7. The van der Waals surface area contributed by atoms with Crippen molar-refractivity contribution < 1.29 is 13.5 Å². The summed E-state index contributed by atoms with van der Waals surface area (Å²) in [5, 5.41) is 17.5. The van der Waals surface area contributed by atoms with Gasteiger partial charge in [-0.2, -0.15) is 5.26 Å². The minimum absolute atomic E-state index is 0.260. The zero-order chi connectivity index (χ0) is 24.5. The fraction of sp³-hybridized carbons (Fsp3) is 0.375. The number of hydrogen-bond donors (Lipinski definition) is 0. The average molecular weight is 506 g/mol. The van der Waals surface area contributed by atoms with Crippen LogP contribution in [0.5, 0.6) is 5.75 Å². The summed E-state index contributed by atoms with van der Waals surface area (Å²) < 4.78 is 33.2. The van der Waals surface area contributed by atoms with Crippen LogP contribution in [-0.2, 0) is 18.5 Å². The molecule has 0 saturated carbocycles. The van der Waals surface area contributed by atoms with Gasteiger partial charge >= 0.3 is 0 Å². The number of hydrogen-bond acceptors (Lipinski definition) is 5. The lowest BCUT2D eigenvalue weighted by molar-refractivity contribution is 0.134. The second kappa shape index (κ2) is 9.77. The highest BCUT2D eigenvalue weighted by Gasteiger charge is 2.28. The van der Waals surface area contributed by atoms with Crippen molar-refractivity contribution in [1.29, 1.82) is 5.26 Å². The summed E-state index contributed by atoms with van der Waals surface area (Å²) in [6.07, 6.45) is -2.63. The van der Waals surface area contributed by atoms with E-state index in [-0.39, 0.29) is 12.4 Å². The number of nitriles is 1. The molecule has 0 amide bonds. The molecule has 2 heterocycles. The van der Waals surface area contributed by atoms with Gasteiger partial charge in [0.1, 0.15) is 12.7 Å². The van der Waals surface area contributed by atoms with Crippen LogP contribution in [0, 0.1) is 11.3 Å². The Kier molecular flexibility index (Phi) is 6.96. The van der Waals surface area contributed by atoms with E-state index in [1.165, 1.54) is 4.57 Å². The Morgan fingerprint density at radius 2 is 1.88 bits per heavy atom. The predicted molar refractivity (Wildman–Crippen MR) is 127 cm³/mol. The fourth-order valence-corrected chi connectivity index (χ4v) is 4.49. The normalized spacial score (nSPS) is 13.6. The molecule has 1 aromatic heterocycles. The molecule has 0 atom stereocenters. The maximum atomic E-state index is 13.1. The molecule has 1 aliphatic heterocycles. The molecular weight excluding hydrogens is 483 g/mol. The minimum Gasteiger partial charge on any atom is -0.489 e. The zero-order valence-corrected chi connectivity index (χ0v) is 20.2. The van der Waals surface area contributed by atoms with E-state index >= 15 is 0 Å². The Balaban J connectivity index is 1.56. The summed E-state index contributed by atoms with van der Waals surface area (Å²) in [5.74, 6) is 0.888. The van der Waals surface area contributed by atoms with Crippen LogP contribution >= 0.6 is 23.2 Å². The van der Waals surface area contributed by atoms with Gasteiger partial charge in [-0.25, -0.2) is 8.78 Å². The molecule has 0 N–H and O–H groups in total. The molecule has 34 heavy (non-hydrogen) atoms. The standard InChI is InChI=1S/C24H23Cl2F2N5O/c1-24(2,17-11-15(13-29)21(19(26)12-17)34-10-7-25)16-3-5-18(6-4-16)32-8-9-33-20(14-32)30-31-23(33)22(27)28/h3-6,11-12,22H,7-10,14H2,1-2H3. The molecular formula is C24H23Cl2F2N5O. The minimum atomic E-state index is -2.63. The molecule has 0 aliphatic carbocycles. The van der Waals surface area contributed by atoms with Crippen LogP contribution in [-0.4, -0.2) is 33.8 Å². The smallest absolute Gasteiger partial charge is 0.297 e. The second-order valence-corrected chi connectivity index (χ2v) is 9.29. The monoisotopic (exact) mass is 505 g/mol. The number of rotatable bonds is 7. The van der Waals surface area contributed by atoms with Gasteiger partial charge in [0.05, 0.1) is 23.0 Å². The third kappa shape index (κ3) is 4.55. The number of anilines is 1. The van der Waals surface area contributed by atoms with Crippen LogP contribution in [0.1, 0.15) is 48.6 Å². The van der Waals surface area contributed by atoms with E-state index in [0.29, 0.717) is 47.7 Å². The van der Waals surface area contributed by atoms with E-state index in [0.717, 1.165) is 16.8 Å². The van der Waals surface area contributed by atoms with Crippen molar-refractivity contribution in [3.8, 4) is 11.8 Å². The molecule has 0 radical (unpaired) electrons. The lowest BCUT2D eigenvalue weighted by atomic mass is 9.77. The molecule has 4 rings (SSSR count). The molecule has 0 spiro atoms. The van der Waals surface area contributed by atoms with Gasteiger partial charge in [-0.15, -0.1) is 21.8 Å². The predicted octanol–water partition coefficient (Wildman–Crippen LogP) is 5.70. The molecule has 0 saturated heterocycles. The molecule has 0 unspecified atom stereocenters. The van der Waals surface area contributed by atoms with Gasteiger partial charge in [-0.3, -0.25) is 0 Å². The Bertz CT molecular complexity index is 1220. The highest BCUT2D eigenvalue weighted by Crippen LogP contribution is 2.39. The average Bonchev–Trinajstić information content (AvgIpc) is 3.26. The maximum Gasteiger partial charge on any atom is 0.297 e. The number of ether oxygens (including phenoxy) is 1. The summed E-state index contributed by atoms with van der Waals surface area (Å²) >= 11 is 12.1. The van der Waals surface area contributed by atoms with Gasteiger partial charge in [0.25, 0.3) is 6.43 Å². The first-order valence-corrected chi connectivity index (χ1v) is 11.7. The lowest BCUT2D eigenvalue weighted by Gasteiger charge is -2.31. The summed E-state index contributed by atoms with van der Waals surface area (Å²) in [5.41, 5.74) is 2.80. The van der Waals surface area contributed by atoms with Crippen molar-refractivity contribution >= 4 is 28.9 Å². The Hall–Kier alpha value is -2.89. The third-order valence-electron chi connectivity index (χ3n) is 6.14. The van der Waals surface area contributed by atoms with E-state index in [1.807, 2.05) is 30.3 Å². The highest BCUT2D eigenvalue weighted by atomic mass is 35.5. The van der Waals surface area contributed by atoms with Crippen molar-refractivity contribution in [3.05, 3.63) is 69.8 Å². The molecule has 10 heteroatoms. The van der Waals surface area contributed by atoms with Gasteiger partial charge in [0, 0.05) is 24.2 Å². The van der Waals surface area contributed by atoms with Crippen LogP contribution in [0.25, 0.3) is 0 Å². The molecule has 3 aromatic rings. The van der Waals surface area contributed by atoms with E-state index < -0.39 is 11.8 Å². The van der Waals surface area contributed by atoms with Crippen LogP contribution in [0.4, 0.5) is 14.5 Å². The van der Waals surface area contributed by atoms with Crippen molar-refractivity contribution in [2.75, 3.05) is 23.9 Å². The van der Waals surface area contributed by atoms with Crippen molar-refractivity contribution in [2.45, 2.75) is 38.8 Å². The van der Waals surface area contributed by atoms with E-state index in [2.05, 4.69) is 35.0 Å². The van der Waals surface area contributed by atoms with Gasteiger partial charge in [0.2, 0.25) is 0 Å². The van der Waals surface area contributed by atoms with E-state index in [9.17, 15) is 14.0 Å². The molecule has 6 nitrogen and oxygen atoms in total. The lowest BCUT2D eigenvalue weighted by Crippen LogP contribution is -2.34. The number of halogens is 4. The van der Waals surface area contributed by atoms with E-state index in [1.54, 1.807) is 6.07 Å². The Labute approximate surface area is 206 Å². The van der Waals surface area contributed by atoms with Crippen LogP contribution < -0.4 is 9.64 Å². The maximum absolute atomic E-state index is 13.1. The summed E-state index contributed by atoms with van der Waals surface area (Å²) in [6, 6.07) is 13.8. The number of benzene rings is 2. The Morgan fingerprint density at radius 3 is 2.53 bits per heavy atom. The number of aromatic nitrogens is 3. The first kappa shape index (κ1) is 24.2. The van der Waals surface area contributed by atoms with Gasteiger partial charge < -0.3 is 14.2 Å². The quantitative estimate of drug-likeness (QED) is 0.385. The van der Waals surface area contributed by atoms with Crippen molar-refractivity contribution in [2.24, 2.45) is 0 Å². The van der Waals surface area contributed by atoms with Crippen molar-refractivity contribution in [3.63, 3.8) is 0 Å². The SMILES string of the molecule is CC(C)(c1ccc(N2CCn3c(nnc3C(F)F)C2)cc1)c1cc(Cl)c(OCCCl)c(C#N)c1. The third-order valence-corrected chi connectivity index (χ3v) is 6.58. The molecule has 1 aliphatic rings. The van der Waals surface area contributed by atoms with Crippen LogP contribution in [0.3, 0.4) is 0 Å². The number of fused-ring (bicyclic) bond motifs is 1. The van der Waals surface area contributed by atoms with Gasteiger partial charge in [-0.1, -0.05) is 37.6 Å². The summed E-state index contributed by atoms with van der Waals surface area (Å²) in [7, 11) is 0. The second-order valence-electron chi connectivity index (χ2n) is 8.50. The Morgan fingerprint density at radius 1 is 1.15 bits per heavy atom. The van der Waals surface area contributed by atoms with Gasteiger partial charge in [-0.05, 0) is 35.4 Å². The van der Waals surface area contributed by atoms with Crippen LogP contribution in [0.15, 0.2) is 36.4 Å². The molecule has 0 fully saturated rings. The van der Waals surface area contributed by atoms with Crippen LogP contribution in [0.2, 0.25) is 5.02 Å². The first-order chi connectivity index (χ1) is 16.3. The summed E-state index contributed by atoms with van der Waals surface area (Å²) in [6.45, 7) is 5.78. The molecule has 0 bridgehead atoms. The highest BCUT2D eigenvalue weighted by molar-refractivity contribution is 6.32. The molecule has 178 valence electrons. The number of alkyl halides is 3. The fourth-order valence-electron chi connectivity index (χ4n) is 4.14. The number of nitrogens with zero attached hydrogens (tertiary/aromatic N) is 5. The first-order valence-electron chi connectivity index (χ1n) is 10.7.